The Kier molecular flexibility index (Phi) is 3.90. The van der Waals surface area contributed by atoms with Gasteiger partial charge in [0, 0.05) is 13.1 Å². The zero-order valence-electron chi connectivity index (χ0n) is 10.4. The highest BCUT2D eigenvalue weighted by Crippen LogP contribution is 2.30. The molecule has 18 heavy (non-hydrogen) atoms. The number of hydrogen-bond acceptors (Lipinski definition) is 4. The van der Waals surface area contributed by atoms with Crippen molar-refractivity contribution in [1.29, 1.82) is 0 Å². The lowest BCUT2D eigenvalue weighted by Crippen LogP contribution is -2.60. The molecule has 0 unspecified atom stereocenters. The Hall–Kier alpha value is -1.50. The molecule has 0 aromatic carbocycles. The van der Waals surface area contributed by atoms with Gasteiger partial charge >= 0.3 is 6.03 Å². The van der Waals surface area contributed by atoms with E-state index in [9.17, 15) is 4.79 Å². The smallest absolute Gasteiger partial charge is 0.318 e. The highest BCUT2D eigenvalue weighted by Gasteiger charge is 2.40. The second-order valence-corrected chi connectivity index (χ2v) is 4.80. The quantitative estimate of drug-likeness (QED) is 0.282. The number of carbonyl (C=O) groups is 1. The summed E-state index contributed by atoms with van der Waals surface area (Å²) in [6, 6.07) is -0.160. The van der Waals surface area contributed by atoms with Crippen LogP contribution < -0.4 is 11.1 Å². The molecule has 102 valence electrons. The number of urea groups is 1. The molecule has 2 fully saturated rings. The molecule has 2 rings (SSSR count). The van der Waals surface area contributed by atoms with Crippen molar-refractivity contribution < 1.29 is 14.7 Å². The number of amidine groups is 1. The van der Waals surface area contributed by atoms with E-state index >= 15 is 0 Å². The number of nitrogens with one attached hydrogen (secondary N) is 1. The van der Waals surface area contributed by atoms with Gasteiger partial charge in [-0.05, 0) is 12.8 Å². The van der Waals surface area contributed by atoms with Gasteiger partial charge in [0.1, 0.15) is 5.54 Å². The summed E-state index contributed by atoms with van der Waals surface area (Å²) in [4.78, 5) is 13.8. The summed E-state index contributed by atoms with van der Waals surface area (Å²) < 4.78 is 5.20. The Bertz CT molecular complexity index is 333. The Morgan fingerprint density at radius 2 is 1.94 bits per heavy atom. The van der Waals surface area contributed by atoms with Crippen LogP contribution in [0.3, 0.4) is 0 Å². The summed E-state index contributed by atoms with van der Waals surface area (Å²) >= 11 is 0. The molecule has 1 heterocycles. The molecule has 1 saturated carbocycles. The number of rotatable bonds is 2. The molecule has 1 saturated heterocycles. The molecule has 0 aromatic heterocycles. The zero-order chi connectivity index (χ0) is 13.0. The van der Waals surface area contributed by atoms with Crippen LogP contribution in [0.25, 0.3) is 0 Å². The van der Waals surface area contributed by atoms with Gasteiger partial charge in [-0.25, -0.2) is 4.79 Å². The third-order valence-electron chi connectivity index (χ3n) is 3.70. The first-order chi connectivity index (χ1) is 8.68. The average Bonchev–Trinajstić information content (AvgIpc) is 2.88. The van der Waals surface area contributed by atoms with E-state index in [4.69, 9.17) is 15.7 Å². The van der Waals surface area contributed by atoms with Gasteiger partial charge in [0.2, 0.25) is 0 Å². The number of nitrogens with zero attached hydrogens (tertiary/aromatic N) is 2. The van der Waals surface area contributed by atoms with Crippen LogP contribution in [0.15, 0.2) is 5.16 Å². The van der Waals surface area contributed by atoms with E-state index in [0.29, 0.717) is 26.3 Å². The van der Waals surface area contributed by atoms with E-state index in [0.717, 1.165) is 25.7 Å². The highest BCUT2D eigenvalue weighted by molar-refractivity contribution is 5.93. The van der Waals surface area contributed by atoms with Crippen LogP contribution in [0.2, 0.25) is 0 Å². The van der Waals surface area contributed by atoms with Crippen molar-refractivity contribution in [1.82, 2.24) is 10.2 Å². The molecule has 7 heteroatoms. The Morgan fingerprint density at radius 3 is 2.50 bits per heavy atom. The van der Waals surface area contributed by atoms with E-state index in [2.05, 4.69) is 10.5 Å². The second-order valence-electron chi connectivity index (χ2n) is 4.80. The van der Waals surface area contributed by atoms with Gasteiger partial charge in [0.25, 0.3) is 0 Å². The van der Waals surface area contributed by atoms with Crippen LogP contribution in [0.4, 0.5) is 4.79 Å². The third-order valence-corrected chi connectivity index (χ3v) is 3.70. The summed E-state index contributed by atoms with van der Waals surface area (Å²) in [6.07, 6.45) is 3.39. The summed E-state index contributed by atoms with van der Waals surface area (Å²) in [5.74, 6) is 0.0987. The molecular formula is C11H20N4O3. The van der Waals surface area contributed by atoms with Crippen molar-refractivity contribution in [2.24, 2.45) is 10.9 Å². The van der Waals surface area contributed by atoms with Crippen LogP contribution >= 0.6 is 0 Å². The van der Waals surface area contributed by atoms with Crippen molar-refractivity contribution in [3.63, 3.8) is 0 Å². The monoisotopic (exact) mass is 256 g/mol. The van der Waals surface area contributed by atoms with E-state index < -0.39 is 5.54 Å². The molecular weight excluding hydrogens is 236 g/mol. The van der Waals surface area contributed by atoms with Crippen LogP contribution in [0.5, 0.6) is 0 Å². The summed E-state index contributed by atoms with van der Waals surface area (Å²) in [5.41, 5.74) is 5.06. The molecule has 7 nitrogen and oxygen atoms in total. The van der Waals surface area contributed by atoms with Crippen LogP contribution in [-0.4, -0.2) is 53.8 Å². The molecule has 1 aliphatic carbocycles. The van der Waals surface area contributed by atoms with Crippen molar-refractivity contribution in [2.75, 3.05) is 26.3 Å². The van der Waals surface area contributed by atoms with Gasteiger partial charge in [-0.3, -0.25) is 0 Å². The maximum atomic E-state index is 12.1. The number of amides is 2. The van der Waals surface area contributed by atoms with Crippen molar-refractivity contribution in [2.45, 2.75) is 31.2 Å². The van der Waals surface area contributed by atoms with E-state index in [1.54, 1.807) is 4.90 Å². The molecule has 0 atom stereocenters. The lowest BCUT2D eigenvalue weighted by atomic mass is 9.96. The minimum absolute atomic E-state index is 0.0987. The minimum atomic E-state index is -0.676. The fourth-order valence-electron chi connectivity index (χ4n) is 2.57. The largest absolute Gasteiger partial charge is 0.409 e. The van der Waals surface area contributed by atoms with Crippen molar-refractivity contribution >= 4 is 11.9 Å². The Balaban J connectivity index is 2.02. The molecule has 4 N–H and O–H groups in total. The lowest BCUT2D eigenvalue weighted by molar-refractivity contribution is 0.0519. The molecule has 0 bridgehead atoms. The number of ether oxygens (including phenoxy) is 1. The first-order valence-electron chi connectivity index (χ1n) is 6.31. The van der Waals surface area contributed by atoms with Crippen molar-refractivity contribution in [3.05, 3.63) is 0 Å². The Labute approximate surface area is 106 Å². The average molecular weight is 256 g/mol. The first kappa shape index (κ1) is 12.9. The fourth-order valence-corrected chi connectivity index (χ4v) is 2.57. The van der Waals surface area contributed by atoms with Gasteiger partial charge in [-0.15, -0.1) is 0 Å². The molecule has 0 aromatic rings. The predicted molar refractivity (Wildman–Crippen MR) is 65.5 cm³/mol. The van der Waals surface area contributed by atoms with Gasteiger partial charge in [-0.1, -0.05) is 18.0 Å². The lowest BCUT2D eigenvalue weighted by Gasteiger charge is -2.34. The SMILES string of the molecule is NC(=NO)C1(NC(=O)N2CCOCC2)CCCC1. The molecule has 1 aliphatic heterocycles. The van der Waals surface area contributed by atoms with Crippen LogP contribution in [-0.2, 0) is 4.74 Å². The topological polar surface area (TPSA) is 100 Å². The maximum absolute atomic E-state index is 12.1. The standard InChI is InChI=1S/C11H20N4O3/c12-9(14-17)11(3-1-2-4-11)13-10(16)15-5-7-18-8-6-15/h17H,1-8H2,(H2,12,14)(H,13,16). The molecule has 0 radical (unpaired) electrons. The van der Waals surface area contributed by atoms with E-state index in [-0.39, 0.29) is 11.9 Å². The highest BCUT2D eigenvalue weighted by atomic mass is 16.5. The summed E-state index contributed by atoms with van der Waals surface area (Å²) in [5, 5.41) is 14.9. The van der Waals surface area contributed by atoms with Crippen LogP contribution in [0, 0.1) is 0 Å². The Morgan fingerprint density at radius 1 is 1.33 bits per heavy atom. The molecule has 0 spiro atoms. The number of morpholine rings is 1. The number of oxime groups is 1. The number of carbonyl (C=O) groups excluding carboxylic acids is 1. The second kappa shape index (κ2) is 5.43. The first-order valence-corrected chi connectivity index (χ1v) is 6.31. The normalized spacial score (nSPS) is 24.0. The van der Waals surface area contributed by atoms with Gasteiger partial charge < -0.3 is 25.9 Å². The molecule has 2 amide bonds. The van der Waals surface area contributed by atoms with Crippen molar-refractivity contribution in [3.8, 4) is 0 Å². The van der Waals surface area contributed by atoms with Gasteiger partial charge in [0.15, 0.2) is 5.84 Å². The fraction of sp³-hybridized carbons (Fsp3) is 0.818. The predicted octanol–water partition coefficient (Wildman–Crippen LogP) is 0.0874. The maximum Gasteiger partial charge on any atom is 0.318 e. The van der Waals surface area contributed by atoms with E-state index in [1.165, 1.54) is 0 Å². The summed E-state index contributed by atoms with van der Waals surface area (Å²) in [7, 11) is 0. The number of hydrogen-bond donors (Lipinski definition) is 3. The van der Waals surface area contributed by atoms with Crippen LogP contribution in [0.1, 0.15) is 25.7 Å². The minimum Gasteiger partial charge on any atom is -0.409 e. The van der Waals surface area contributed by atoms with Gasteiger partial charge in [0.05, 0.1) is 13.2 Å². The van der Waals surface area contributed by atoms with Gasteiger partial charge in [-0.2, -0.15) is 0 Å². The van der Waals surface area contributed by atoms with E-state index in [1.807, 2.05) is 0 Å². The summed E-state index contributed by atoms with van der Waals surface area (Å²) in [6.45, 7) is 2.28. The zero-order valence-corrected chi connectivity index (χ0v) is 10.4. The third kappa shape index (κ3) is 2.50. The number of nitrogens with two attached hydrogens (primary N) is 1. The molecule has 2 aliphatic rings.